The molecule has 0 saturated carbocycles. The van der Waals surface area contributed by atoms with Crippen LogP contribution in [0.5, 0.6) is 0 Å². The molecular formula is C22H27N5OS. The van der Waals surface area contributed by atoms with Crippen LogP contribution in [0, 0.1) is 0 Å². The van der Waals surface area contributed by atoms with Gasteiger partial charge in [0.25, 0.3) is 5.91 Å². The van der Waals surface area contributed by atoms with E-state index in [1.165, 1.54) is 11.3 Å². The fourth-order valence-electron chi connectivity index (χ4n) is 4.02. The number of para-hydroxylation sites is 1. The summed E-state index contributed by atoms with van der Waals surface area (Å²) in [7, 11) is 0. The second-order valence-electron chi connectivity index (χ2n) is 7.46. The molecule has 29 heavy (non-hydrogen) atoms. The SMILES string of the molecule is CCC(CC)c1nnc(NC(=O)c2c3c(nc4ccccc24)CCN(CC)C3)s1. The number of likely N-dealkylation sites (N-methyl/N-ethyl adjacent to an activating group) is 1. The molecule has 0 saturated heterocycles. The number of fused-ring (bicyclic) bond motifs is 2. The van der Waals surface area contributed by atoms with Gasteiger partial charge in [0, 0.05) is 42.1 Å². The topological polar surface area (TPSA) is 71.0 Å². The van der Waals surface area contributed by atoms with E-state index < -0.39 is 0 Å². The molecule has 4 rings (SSSR count). The molecule has 0 bridgehead atoms. The van der Waals surface area contributed by atoms with Gasteiger partial charge >= 0.3 is 0 Å². The predicted octanol–water partition coefficient (Wildman–Crippen LogP) is 4.62. The largest absolute Gasteiger partial charge is 0.299 e. The molecule has 1 N–H and O–H groups in total. The Hall–Kier alpha value is -2.38. The summed E-state index contributed by atoms with van der Waals surface area (Å²) in [6, 6.07) is 7.90. The molecule has 1 amide bonds. The Balaban J connectivity index is 1.72. The van der Waals surface area contributed by atoms with Gasteiger partial charge in [-0.25, -0.2) is 0 Å². The smallest absolute Gasteiger partial charge is 0.258 e. The van der Waals surface area contributed by atoms with Crippen molar-refractivity contribution in [3.63, 3.8) is 0 Å². The van der Waals surface area contributed by atoms with Gasteiger partial charge < -0.3 is 0 Å². The quantitative estimate of drug-likeness (QED) is 0.643. The zero-order chi connectivity index (χ0) is 20.4. The summed E-state index contributed by atoms with van der Waals surface area (Å²) >= 11 is 1.48. The Morgan fingerprint density at radius 3 is 2.76 bits per heavy atom. The molecule has 6 nitrogen and oxygen atoms in total. The normalized spacial score (nSPS) is 14.3. The van der Waals surface area contributed by atoms with Crippen molar-refractivity contribution in [2.24, 2.45) is 0 Å². The number of pyridine rings is 1. The van der Waals surface area contributed by atoms with Crippen molar-refractivity contribution in [3.8, 4) is 0 Å². The first kappa shape index (κ1) is 19.9. The van der Waals surface area contributed by atoms with Gasteiger partial charge in [0.15, 0.2) is 0 Å². The molecule has 0 unspecified atom stereocenters. The van der Waals surface area contributed by atoms with Crippen molar-refractivity contribution in [2.75, 3.05) is 18.4 Å². The monoisotopic (exact) mass is 409 g/mol. The number of hydrogen-bond acceptors (Lipinski definition) is 6. The van der Waals surface area contributed by atoms with Crippen molar-refractivity contribution in [1.29, 1.82) is 0 Å². The molecule has 7 heteroatoms. The first-order valence-electron chi connectivity index (χ1n) is 10.4. The number of aromatic nitrogens is 3. The molecule has 0 spiro atoms. The van der Waals surface area contributed by atoms with Crippen LogP contribution in [-0.4, -0.2) is 39.1 Å². The summed E-state index contributed by atoms with van der Waals surface area (Å²) in [5.74, 6) is 0.274. The number of rotatable bonds is 6. The van der Waals surface area contributed by atoms with E-state index in [1.807, 2.05) is 24.3 Å². The van der Waals surface area contributed by atoms with Gasteiger partial charge in [-0.1, -0.05) is 50.3 Å². The zero-order valence-corrected chi connectivity index (χ0v) is 18.1. The summed E-state index contributed by atoms with van der Waals surface area (Å²) in [6.07, 6.45) is 2.91. The van der Waals surface area contributed by atoms with Gasteiger partial charge in [-0.05, 0) is 25.5 Å². The van der Waals surface area contributed by atoms with Crippen LogP contribution in [0.4, 0.5) is 5.13 Å². The number of hydrogen-bond donors (Lipinski definition) is 1. The summed E-state index contributed by atoms with van der Waals surface area (Å²) in [5, 5.41) is 14.0. The maximum atomic E-state index is 13.4. The van der Waals surface area contributed by atoms with Crippen LogP contribution in [0.3, 0.4) is 0 Å². The molecule has 1 aromatic carbocycles. The van der Waals surface area contributed by atoms with E-state index in [2.05, 4.69) is 41.2 Å². The Bertz CT molecular complexity index is 1030. The molecule has 3 heterocycles. The van der Waals surface area contributed by atoms with Crippen LogP contribution in [0.2, 0.25) is 0 Å². The Kier molecular flexibility index (Phi) is 5.87. The second kappa shape index (κ2) is 8.55. The zero-order valence-electron chi connectivity index (χ0n) is 17.2. The van der Waals surface area contributed by atoms with Gasteiger partial charge in [-0.15, -0.1) is 10.2 Å². The van der Waals surface area contributed by atoms with E-state index in [4.69, 9.17) is 4.98 Å². The lowest BCUT2D eigenvalue weighted by Crippen LogP contribution is -2.33. The van der Waals surface area contributed by atoms with Gasteiger partial charge in [0.1, 0.15) is 5.01 Å². The van der Waals surface area contributed by atoms with E-state index >= 15 is 0 Å². The van der Waals surface area contributed by atoms with Gasteiger partial charge in [-0.2, -0.15) is 0 Å². The van der Waals surface area contributed by atoms with Crippen LogP contribution >= 0.6 is 11.3 Å². The average molecular weight is 410 g/mol. The number of amides is 1. The fraction of sp³-hybridized carbons (Fsp3) is 0.455. The number of benzene rings is 1. The highest BCUT2D eigenvalue weighted by Gasteiger charge is 2.26. The van der Waals surface area contributed by atoms with Crippen LogP contribution < -0.4 is 5.32 Å². The lowest BCUT2D eigenvalue weighted by Gasteiger charge is -2.29. The number of carbonyl (C=O) groups is 1. The number of anilines is 1. The minimum Gasteiger partial charge on any atom is -0.299 e. The Labute approximate surface area is 175 Å². The van der Waals surface area contributed by atoms with E-state index in [0.29, 0.717) is 11.0 Å². The number of nitrogens with one attached hydrogen (secondary N) is 1. The molecule has 0 radical (unpaired) electrons. The van der Waals surface area contributed by atoms with Crippen molar-refractivity contribution in [3.05, 3.63) is 46.1 Å². The first-order chi connectivity index (χ1) is 14.1. The summed E-state index contributed by atoms with van der Waals surface area (Å²) < 4.78 is 0. The number of nitrogens with zero attached hydrogens (tertiary/aromatic N) is 4. The highest BCUT2D eigenvalue weighted by molar-refractivity contribution is 7.15. The number of carbonyl (C=O) groups excluding carboxylic acids is 1. The highest BCUT2D eigenvalue weighted by atomic mass is 32.1. The van der Waals surface area contributed by atoms with E-state index in [9.17, 15) is 4.79 Å². The second-order valence-corrected chi connectivity index (χ2v) is 8.47. The van der Waals surface area contributed by atoms with Gasteiger partial charge in [0.05, 0.1) is 11.1 Å². The van der Waals surface area contributed by atoms with Crippen LogP contribution in [0.15, 0.2) is 24.3 Å². The average Bonchev–Trinajstić information content (AvgIpc) is 3.20. The van der Waals surface area contributed by atoms with E-state index in [1.54, 1.807) is 0 Å². The minimum atomic E-state index is -0.120. The predicted molar refractivity (Wildman–Crippen MR) is 118 cm³/mol. The Morgan fingerprint density at radius 2 is 2.00 bits per heavy atom. The standard InChI is InChI=1S/C22H27N5OS/c1-4-14(5-2)21-25-26-22(29-21)24-20(28)19-15-9-7-8-10-17(15)23-18-11-12-27(6-3)13-16(18)19/h7-10,14H,4-6,11-13H2,1-3H3,(H,24,26,28). The molecule has 152 valence electrons. The molecule has 3 aromatic rings. The van der Waals surface area contributed by atoms with Crippen LogP contribution in [0.1, 0.15) is 66.2 Å². The molecule has 0 fully saturated rings. The molecular weight excluding hydrogens is 382 g/mol. The van der Waals surface area contributed by atoms with Crippen molar-refractivity contribution in [2.45, 2.75) is 52.5 Å². The van der Waals surface area contributed by atoms with Gasteiger partial charge in [0.2, 0.25) is 5.13 Å². The molecule has 0 atom stereocenters. The Morgan fingerprint density at radius 1 is 1.21 bits per heavy atom. The molecule has 2 aromatic heterocycles. The lowest BCUT2D eigenvalue weighted by atomic mass is 9.95. The summed E-state index contributed by atoms with van der Waals surface area (Å²) in [4.78, 5) is 20.6. The van der Waals surface area contributed by atoms with Crippen molar-refractivity contribution >= 4 is 33.3 Å². The first-order valence-corrected chi connectivity index (χ1v) is 11.2. The minimum absolute atomic E-state index is 0.120. The molecule has 1 aliphatic rings. The summed E-state index contributed by atoms with van der Waals surface area (Å²) in [6.45, 7) is 9.15. The highest BCUT2D eigenvalue weighted by Crippen LogP contribution is 2.31. The lowest BCUT2D eigenvalue weighted by molar-refractivity contribution is 0.102. The van der Waals surface area contributed by atoms with Crippen LogP contribution in [0.25, 0.3) is 10.9 Å². The van der Waals surface area contributed by atoms with Gasteiger partial charge in [-0.3, -0.25) is 20.0 Å². The van der Waals surface area contributed by atoms with E-state index in [-0.39, 0.29) is 5.91 Å². The third-order valence-electron chi connectivity index (χ3n) is 5.80. The molecule has 1 aliphatic heterocycles. The van der Waals surface area contributed by atoms with Crippen LogP contribution in [-0.2, 0) is 13.0 Å². The third kappa shape index (κ3) is 3.89. The maximum absolute atomic E-state index is 13.4. The third-order valence-corrected chi connectivity index (χ3v) is 6.80. The molecule has 0 aliphatic carbocycles. The van der Waals surface area contributed by atoms with E-state index in [0.717, 1.165) is 71.6 Å². The fourth-order valence-corrected chi connectivity index (χ4v) is 5.03. The van der Waals surface area contributed by atoms with Crippen molar-refractivity contribution in [1.82, 2.24) is 20.1 Å². The maximum Gasteiger partial charge on any atom is 0.258 e. The van der Waals surface area contributed by atoms with Crippen molar-refractivity contribution < 1.29 is 4.79 Å². The summed E-state index contributed by atoms with van der Waals surface area (Å²) in [5.41, 5.74) is 3.67.